The summed E-state index contributed by atoms with van der Waals surface area (Å²) in [7, 11) is 0. The maximum Gasteiger partial charge on any atom is 0.225 e. The summed E-state index contributed by atoms with van der Waals surface area (Å²) in [5.41, 5.74) is 4.64. The van der Waals surface area contributed by atoms with Crippen molar-refractivity contribution in [3.8, 4) is 0 Å². The second-order valence-electron chi connectivity index (χ2n) is 4.69. The van der Waals surface area contributed by atoms with Gasteiger partial charge in [-0.1, -0.05) is 10.3 Å². The Morgan fingerprint density at radius 3 is 3.00 bits per heavy atom. The first kappa shape index (κ1) is 9.73. The predicted molar refractivity (Wildman–Crippen MR) is 52.4 cm³/mol. The molecule has 16 heavy (non-hydrogen) atoms. The van der Waals surface area contributed by atoms with E-state index in [0.717, 1.165) is 0 Å². The fourth-order valence-corrected chi connectivity index (χ4v) is 2.62. The maximum absolute atomic E-state index is 11.9. The number of aromatic nitrogens is 2. The molecule has 86 valence electrons. The van der Waals surface area contributed by atoms with E-state index in [1.165, 1.54) is 0 Å². The van der Waals surface area contributed by atoms with Crippen molar-refractivity contribution in [2.24, 2.45) is 5.73 Å². The summed E-state index contributed by atoms with van der Waals surface area (Å²) in [5.74, 6) is 0. The topological polar surface area (TPSA) is 111 Å². The normalized spacial score (nSPS) is 37.4. The Morgan fingerprint density at radius 2 is 2.25 bits per heavy atom. The molecule has 2 heterocycles. The second-order valence-corrected chi connectivity index (χ2v) is 4.69. The number of hydroxylamine groups is 1. The van der Waals surface area contributed by atoms with Gasteiger partial charge in [-0.2, -0.15) is 4.74 Å². The zero-order chi connectivity index (χ0) is 11.6. The van der Waals surface area contributed by atoms with Gasteiger partial charge in [0.1, 0.15) is 5.69 Å². The van der Waals surface area contributed by atoms with Crippen molar-refractivity contribution < 1.29 is 14.5 Å². The Morgan fingerprint density at radius 1 is 1.50 bits per heavy atom. The van der Waals surface area contributed by atoms with Gasteiger partial charge in [-0.05, 0) is 0 Å². The molecule has 3 rings (SSSR count). The van der Waals surface area contributed by atoms with E-state index in [1.54, 1.807) is 6.92 Å². The van der Waals surface area contributed by atoms with Crippen LogP contribution in [0.25, 0.3) is 0 Å². The largest absolute Gasteiger partial charge is 0.622 e. The van der Waals surface area contributed by atoms with E-state index in [2.05, 4.69) is 14.9 Å². The van der Waals surface area contributed by atoms with Crippen molar-refractivity contribution in [1.29, 1.82) is 0 Å². The second kappa shape index (κ2) is 2.61. The maximum atomic E-state index is 11.9. The molecule has 0 spiro atoms. The van der Waals surface area contributed by atoms with Gasteiger partial charge in [0.25, 0.3) is 0 Å². The Balaban J connectivity index is 2.22. The molecule has 0 bridgehead atoms. The third-order valence-corrected chi connectivity index (χ3v) is 3.35. The molecule has 2 atom stereocenters. The van der Waals surface area contributed by atoms with Crippen LogP contribution in [0.1, 0.15) is 31.2 Å². The molecular formula is C9H12N4O3. The van der Waals surface area contributed by atoms with Crippen molar-refractivity contribution in [1.82, 2.24) is 10.3 Å². The lowest BCUT2D eigenvalue weighted by molar-refractivity contribution is -0.536. The van der Waals surface area contributed by atoms with Gasteiger partial charge in [0.05, 0.1) is 6.42 Å². The third kappa shape index (κ3) is 0.966. The highest BCUT2D eigenvalue weighted by atomic mass is 16.6. The molecule has 2 unspecified atom stereocenters. The predicted octanol–water partition coefficient (Wildman–Crippen LogP) is -0.767. The number of fused-ring (bicyclic) bond motifs is 3. The third-order valence-electron chi connectivity index (χ3n) is 3.35. The first-order valence-corrected chi connectivity index (χ1v) is 5.12. The van der Waals surface area contributed by atoms with E-state index < -0.39 is 11.3 Å². The molecule has 3 N–H and O–H groups in total. The average molecular weight is 224 g/mol. The molecule has 0 aromatic carbocycles. The van der Waals surface area contributed by atoms with E-state index in [9.17, 15) is 10.3 Å². The van der Waals surface area contributed by atoms with Gasteiger partial charge in [0, 0.05) is 19.8 Å². The summed E-state index contributed by atoms with van der Waals surface area (Å²) in [4.78, 5) is 0. The van der Waals surface area contributed by atoms with E-state index >= 15 is 0 Å². The highest BCUT2D eigenvalue weighted by Gasteiger charge is 2.60. The van der Waals surface area contributed by atoms with Crippen LogP contribution in [0.2, 0.25) is 0 Å². The van der Waals surface area contributed by atoms with Crippen LogP contribution in [0.15, 0.2) is 4.63 Å². The lowest BCUT2D eigenvalue weighted by atomic mass is 9.81. The molecule has 0 fully saturated rings. The van der Waals surface area contributed by atoms with Gasteiger partial charge in [-0.15, -0.1) is 0 Å². The quantitative estimate of drug-likeness (QED) is 0.442. The van der Waals surface area contributed by atoms with Crippen LogP contribution < -0.4 is 5.73 Å². The Bertz CT molecular complexity index is 493. The van der Waals surface area contributed by atoms with Gasteiger partial charge in [0.2, 0.25) is 17.0 Å². The summed E-state index contributed by atoms with van der Waals surface area (Å²) in [6, 6.07) is 0. The Labute approximate surface area is 91.1 Å². The minimum Gasteiger partial charge on any atom is -0.622 e. The van der Waals surface area contributed by atoms with E-state index in [-0.39, 0.29) is 6.42 Å². The van der Waals surface area contributed by atoms with Gasteiger partial charge >= 0.3 is 0 Å². The summed E-state index contributed by atoms with van der Waals surface area (Å²) in [5, 5.41) is 29.9. The molecule has 0 saturated heterocycles. The van der Waals surface area contributed by atoms with E-state index in [0.29, 0.717) is 34.7 Å². The number of aryl methyl sites for hydroxylation is 1. The van der Waals surface area contributed by atoms with Crippen LogP contribution in [0.4, 0.5) is 0 Å². The number of aliphatic hydroxyl groups is 1. The number of hydrogen-bond donors (Lipinski definition) is 2. The van der Waals surface area contributed by atoms with Gasteiger partial charge in [0.15, 0.2) is 5.69 Å². The van der Waals surface area contributed by atoms with Crippen LogP contribution in [-0.2, 0) is 12.0 Å². The standard InChI is InChI=1S/C9H12N4O3/c1-8(10)4-9(14)6(13(8)15)3-2-5-7(9)12-16-11-5/h14H,2-4,10H2,1H3. The van der Waals surface area contributed by atoms with Crippen LogP contribution in [0, 0.1) is 5.21 Å². The Kier molecular flexibility index (Phi) is 1.59. The summed E-state index contributed by atoms with van der Waals surface area (Å²) in [6.07, 6.45) is 1.10. The molecule has 1 aliphatic carbocycles. The minimum atomic E-state index is -1.40. The smallest absolute Gasteiger partial charge is 0.225 e. The number of hydrogen-bond acceptors (Lipinski definition) is 6. The highest BCUT2D eigenvalue weighted by Crippen LogP contribution is 2.41. The van der Waals surface area contributed by atoms with Crippen LogP contribution in [0.5, 0.6) is 0 Å². The fraction of sp³-hybridized carbons (Fsp3) is 0.667. The van der Waals surface area contributed by atoms with Crippen LogP contribution >= 0.6 is 0 Å². The lowest BCUT2D eigenvalue weighted by Crippen LogP contribution is -2.43. The SMILES string of the molecule is CC1(N)CC2(O)C(=[N+]1[O-])CCc1nonc12. The van der Waals surface area contributed by atoms with Crippen LogP contribution in [-0.4, -0.2) is 31.5 Å². The van der Waals surface area contributed by atoms with Crippen LogP contribution in [0.3, 0.4) is 0 Å². The molecule has 2 aliphatic rings. The highest BCUT2D eigenvalue weighted by molar-refractivity contribution is 5.92. The molecule has 7 nitrogen and oxygen atoms in total. The zero-order valence-corrected chi connectivity index (χ0v) is 8.80. The van der Waals surface area contributed by atoms with Gasteiger partial charge in [-0.25, -0.2) is 4.63 Å². The van der Waals surface area contributed by atoms with Crippen molar-refractivity contribution in [3.63, 3.8) is 0 Å². The molecule has 1 aromatic heterocycles. The molecule has 7 heteroatoms. The molecule has 1 aliphatic heterocycles. The van der Waals surface area contributed by atoms with Crippen molar-refractivity contribution in [3.05, 3.63) is 16.6 Å². The number of nitrogens with two attached hydrogens (primary N) is 1. The molecule has 0 radical (unpaired) electrons. The summed E-state index contributed by atoms with van der Waals surface area (Å²) >= 11 is 0. The lowest BCUT2D eigenvalue weighted by Gasteiger charge is -2.22. The minimum absolute atomic E-state index is 0.111. The fourth-order valence-electron chi connectivity index (χ4n) is 2.62. The first-order valence-electron chi connectivity index (χ1n) is 5.12. The van der Waals surface area contributed by atoms with Gasteiger partial charge in [-0.3, -0.25) is 5.73 Å². The van der Waals surface area contributed by atoms with Gasteiger partial charge < -0.3 is 10.3 Å². The molecule has 0 amide bonds. The summed E-state index contributed by atoms with van der Waals surface area (Å²) < 4.78 is 5.31. The monoisotopic (exact) mass is 224 g/mol. The number of nitrogens with zero attached hydrogens (tertiary/aromatic N) is 3. The van der Waals surface area contributed by atoms with Crippen molar-refractivity contribution >= 4 is 5.71 Å². The van der Waals surface area contributed by atoms with Crippen molar-refractivity contribution in [2.75, 3.05) is 0 Å². The van der Waals surface area contributed by atoms with Crippen molar-refractivity contribution in [2.45, 2.75) is 37.5 Å². The molecular weight excluding hydrogens is 212 g/mol. The van der Waals surface area contributed by atoms with E-state index in [4.69, 9.17) is 5.73 Å². The molecule has 1 aromatic rings. The Hall–Kier alpha value is -1.47. The van der Waals surface area contributed by atoms with E-state index in [1.807, 2.05) is 0 Å². The first-order chi connectivity index (χ1) is 7.45. The summed E-state index contributed by atoms with van der Waals surface area (Å²) in [6.45, 7) is 1.59. The number of rotatable bonds is 0. The molecule has 0 saturated carbocycles. The average Bonchev–Trinajstić information content (AvgIpc) is 2.70. The zero-order valence-electron chi connectivity index (χ0n) is 8.80.